The van der Waals surface area contributed by atoms with Gasteiger partial charge >= 0.3 is 0 Å². The number of aromatic nitrogens is 2. The Morgan fingerprint density at radius 2 is 2.23 bits per heavy atom. The maximum absolute atomic E-state index is 12.3. The molecule has 1 aromatic carbocycles. The van der Waals surface area contributed by atoms with E-state index in [2.05, 4.69) is 10.3 Å². The van der Waals surface area contributed by atoms with E-state index in [1.54, 1.807) is 18.2 Å². The predicted molar refractivity (Wildman–Crippen MR) is 82.6 cm³/mol. The van der Waals surface area contributed by atoms with E-state index in [4.69, 9.17) is 0 Å². The molecule has 2 aromatic rings. The summed E-state index contributed by atoms with van der Waals surface area (Å²) in [5.41, 5.74) is 0.421. The van der Waals surface area contributed by atoms with Crippen molar-refractivity contribution >= 4 is 16.7 Å². The maximum Gasteiger partial charge on any atom is 0.261 e. The normalized spacial score (nSPS) is 21.9. The van der Waals surface area contributed by atoms with E-state index in [1.807, 2.05) is 6.07 Å². The van der Waals surface area contributed by atoms with Crippen LogP contribution in [0.4, 0.5) is 0 Å². The Hall–Kier alpha value is -2.05. The Bertz CT molecular complexity index is 741. The largest absolute Gasteiger partial charge is 0.393 e. The van der Waals surface area contributed by atoms with Gasteiger partial charge in [0.15, 0.2) is 5.78 Å². The van der Waals surface area contributed by atoms with E-state index < -0.39 is 6.10 Å². The van der Waals surface area contributed by atoms with Crippen LogP contribution < -0.4 is 10.9 Å². The summed E-state index contributed by atoms with van der Waals surface area (Å²) in [4.78, 5) is 28.7. The summed E-state index contributed by atoms with van der Waals surface area (Å²) in [5, 5.41) is 13.6. The SMILES string of the molecule is O=C(C[C@@H]1CNCC[C@@H]1O)Cn1cnc2ccccc2c1=O. The van der Waals surface area contributed by atoms with Crippen LogP contribution >= 0.6 is 0 Å². The number of aliphatic hydroxyl groups is 1. The number of carbonyl (C=O) groups excluding carboxylic acids is 1. The van der Waals surface area contributed by atoms with Crippen molar-refractivity contribution in [3.8, 4) is 0 Å². The van der Waals surface area contributed by atoms with Crippen LogP contribution in [0.3, 0.4) is 0 Å². The third kappa shape index (κ3) is 3.08. The molecule has 0 unspecified atom stereocenters. The van der Waals surface area contributed by atoms with Gasteiger partial charge in [0.25, 0.3) is 5.56 Å². The van der Waals surface area contributed by atoms with Crippen molar-refractivity contribution in [1.82, 2.24) is 14.9 Å². The number of nitrogens with zero attached hydrogens (tertiary/aromatic N) is 2. The number of fused-ring (bicyclic) bond motifs is 1. The molecule has 1 aromatic heterocycles. The molecule has 0 aliphatic carbocycles. The minimum atomic E-state index is -0.448. The zero-order chi connectivity index (χ0) is 15.5. The molecule has 1 aliphatic heterocycles. The highest BCUT2D eigenvalue weighted by Gasteiger charge is 2.25. The lowest BCUT2D eigenvalue weighted by Gasteiger charge is -2.27. The molecule has 1 aliphatic rings. The minimum absolute atomic E-state index is 0.000111. The summed E-state index contributed by atoms with van der Waals surface area (Å²) in [5.74, 6) is -0.141. The van der Waals surface area contributed by atoms with Crippen molar-refractivity contribution in [3.05, 3.63) is 40.9 Å². The lowest BCUT2D eigenvalue weighted by Crippen LogP contribution is -2.41. The van der Waals surface area contributed by atoms with E-state index in [9.17, 15) is 14.7 Å². The van der Waals surface area contributed by atoms with Gasteiger partial charge in [0, 0.05) is 18.9 Å². The van der Waals surface area contributed by atoms with Crippen molar-refractivity contribution < 1.29 is 9.90 Å². The first-order chi connectivity index (χ1) is 10.6. The van der Waals surface area contributed by atoms with Gasteiger partial charge in [-0.2, -0.15) is 0 Å². The van der Waals surface area contributed by atoms with Gasteiger partial charge in [-0.3, -0.25) is 14.2 Å². The Balaban J connectivity index is 1.74. The third-order valence-corrected chi connectivity index (χ3v) is 4.14. The monoisotopic (exact) mass is 301 g/mol. The highest BCUT2D eigenvalue weighted by atomic mass is 16.3. The van der Waals surface area contributed by atoms with Crippen molar-refractivity contribution in [3.63, 3.8) is 0 Å². The lowest BCUT2D eigenvalue weighted by atomic mass is 9.91. The van der Waals surface area contributed by atoms with Gasteiger partial charge in [0.05, 0.1) is 29.9 Å². The number of hydrogen-bond acceptors (Lipinski definition) is 5. The number of para-hydroxylation sites is 1. The standard InChI is InChI=1S/C16H19N3O3/c20-12(7-11-8-17-6-5-15(11)21)9-19-10-18-14-4-2-1-3-13(14)16(19)22/h1-4,10-11,15,17,21H,5-9H2/t11-,15+/m1/s1. The van der Waals surface area contributed by atoms with Crippen molar-refractivity contribution in [1.29, 1.82) is 0 Å². The molecule has 3 rings (SSSR count). The molecule has 6 nitrogen and oxygen atoms in total. The van der Waals surface area contributed by atoms with Crippen LogP contribution in [0.2, 0.25) is 0 Å². The Morgan fingerprint density at radius 3 is 3.05 bits per heavy atom. The number of hydrogen-bond donors (Lipinski definition) is 2. The molecule has 6 heteroatoms. The molecule has 0 saturated carbocycles. The molecule has 0 amide bonds. The molecule has 116 valence electrons. The van der Waals surface area contributed by atoms with Gasteiger partial charge in [-0.1, -0.05) is 12.1 Å². The van der Waals surface area contributed by atoms with Gasteiger partial charge in [0.1, 0.15) is 0 Å². The van der Waals surface area contributed by atoms with Crippen molar-refractivity contribution in [2.45, 2.75) is 25.5 Å². The second-order valence-electron chi connectivity index (χ2n) is 5.76. The Morgan fingerprint density at radius 1 is 1.41 bits per heavy atom. The average molecular weight is 301 g/mol. The molecule has 2 atom stereocenters. The molecular formula is C16H19N3O3. The van der Waals surface area contributed by atoms with E-state index in [-0.39, 0.29) is 30.2 Å². The van der Waals surface area contributed by atoms with Gasteiger partial charge in [-0.25, -0.2) is 4.98 Å². The van der Waals surface area contributed by atoms with Crippen molar-refractivity contribution in [2.75, 3.05) is 13.1 Å². The first-order valence-corrected chi connectivity index (χ1v) is 7.50. The second kappa shape index (κ2) is 6.37. The van der Waals surface area contributed by atoms with Gasteiger partial charge in [-0.15, -0.1) is 0 Å². The molecule has 1 fully saturated rings. The number of rotatable bonds is 4. The fourth-order valence-corrected chi connectivity index (χ4v) is 2.88. The summed E-state index contributed by atoms with van der Waals surface area (Å²) in [6.45, 7) is 1.41. The number of ketones is 1. The van der Waals surface area contributed by atoms with E-state index in [0.717, 1.165) is 6.54 Å². The second-order valence-corrected chi connectivity index (χ2v) is 5.76. The fourth-order valence-electron chi connectivity index (χ4n) is 2.88. The lowest BCUT2D eigenvalue weighted by molar-refractivity contribution is -0.121. The summed E-state index contributed by atoms with van der Waals surface area (Å²) in [7, 11) is 0. The molecule has 22 heavy (non-hydrogen) atoms. The summed E-state index contributed by atoms with van der Waals surface area (Å²) in [6, 6.07) is 7.08. The molecule has 0 bridgehead atoms. The van der Waals surface area contributed by atoms with E-state index in [0.29, 0.717) is 23.9 Å². The molecule has 1 saturated heterocycles. The molecule has 2 heterocycles. The molecular weight excluding hydrogens is 282 g/mol. The van der Waals surface area contributed by atoms with Crippen LogP contribution in [0.5, 0.6) is 0 Å². The molecule has 0 spiro atoms. The number of benzene rings is 1. The molecule has 0 radical (unpaired) electrons. The summed E-state index contributed by atoms with van der Waals surface area (Å²) >= 11 is 0. The van der Waals surface area contributed by atoms with Crippen LogP contribution in [0.25, 0.3) is 10.9 Å². The van der Waals surface area contributed by atoms with E-state index >= 15 is 0 Å². The summed E-state index contributed by atoms with van der Waals surface area (Å²) in [6.07, 6.45) is 1.90. The van der Waals surface area contributed by atoms with Crippen LogP contribution in [0.1, 0.15) is 12.8 Å². The first-order valence-electron chi connectivity index (χ1n) is 7.50. The fraction of sp³-hybridized carbons (Fsp3) is 0.438. The number of Topliss-reactive ketones (excluding diaryl/α,β-unsaturated/α-hetero) is 1. The number of piperidine rings is 1. The minimum Gasteiger partial charge on any atom is -0.393 e. The quantitative estimate of drug-likeness (QED) is 0.850. The third-order valence-electron chi connectivity index (χ3n) is 4.14. The van der Waals surface area contributed by atoms with Crippen molar-refractivity contribution in [2.24, 2.45) is 5.92 Å². The topological polar surface area (TPSA) is 84.2 Å². The summed E-state index contributed by atoms with van der Waals surface area (Å²) < 4.78 is 1.34. The maximum atomic E-state index is 12.3. The van der Waals surface area contributed by atoms with Crippen LogP contribution in [0, 0.1) is 5.92 Å². The first kappa shape index (κ1) is 14.9. The zero-order valence-electron chi connectivity index (χ0n) is 12.2. The highest BCUT2D eigenvalue weighted by Crippen LogP contribution is 2.15. The van der Waals surface area contributed by atoms with E-state index in [1.165, 1.54) is 10.9 Å². The van der Waals surface area contributed by atoms with Crippen LogP contribution in [-0.2, 0) is 11.3 Å². The van der Waals surface area contributed by atoms with Crippen LogP contribution in [0.15, 0.2) is 35.4 Å². The Labute approximate surface area is 127 Å². The van der Waals surface area contributed by atoms with Crippen LogP contribution in [-0.4, -0.2) is 39.6 Å². The zero-order valence-corrected chi connectivity index (χ0v) is 12.2. The number of aliphatic hydroxyl groups excluding tert-OH is 1. The Kier molecular flexibility index (Phi) is 4.31. The smallest absolute Gasteiger partial charge is 0.261 e. The number of nitrogens with one attached hydrogen (secondary N) is 1. The van der Waals surface area contributed by atoms with Gasteiger partial charge < -0.3 is 10.4 Å². The van der Waals surface area contributed by atoms with Gasteiger partial charge in [0.2, 0.25) is 0 Å². The number of carbonyl (C=O) groups is 1. The van der Waals surface area contributed by atoms with Gasteiger partial charge in [-0.05, 0) is 25.1 Å². The molecule has 2 N–H and O–H groups in total. The average Bonchev–Trinajstić information content (AvgIpc) is 2.53. The predicted octanol–water partition coefficient (Wildman–Crippen LogP) is 0.326. The highest BCUT2D eigenvalue weighted by molar-refractivity contribution is 5.80.